The summed E-state index contributed by atoms with van der Waals surface area (Å²) >= 11 is 3.38. The van der Waals surface area contributed by atoms with E-state index in [4.69, 9.17) is 0 Å². The number of hydrogen-bond acceptors (Lipinski definition) is 5. The molecule has 0 amide bonds. The van der Waals surface area contributed by atoms with Crippen molar-refractivity contribution in [3.63, 3.8) is 0 Å². The molecule has 0 aliphatic rings. The van der Waals surface area contributed by atoms with Crippen molar-refractivity contribution in [1.82, 2.24) is 20.2 Å². The summed E-state index contributed by atoms with van der Waals surface area (Å²) in [6, 6.07) is 3.54. The van der Waals surface area contributed by atoms with E-state index in [1.54, 1.807) is 18.3 Å². The monoisotopic (exact) mass is 386 g/mol. The summed E-state index contributed by atoms with van der Waals surface area (Å²) in [7, 11) is 1.37. The first kappa shape index (κ1) is 15.5. The highest BCUT2D eigenvalue weighted by atomic mass is 79.9. The van der Waals surface area contributed by atoms with Crippen molar-refractivity contribution in [2.24, 2.45) is 0 Å². The van der Waals surface area contributed by atoms with E-state index in [1.165, 1.54) is 7.05 Å². The Balaban J connectivity index is 1.99. The summed E-state index contributed by atoms with van der Waals surface area (Å²) < 4.78 is 39.4. The second kappa shape index (κ2) is 5.69. The van der Waals surface area contributed by atoms with Gasteiger partial charge in [-0.05, 0) is 28.1 Å². The van der Waals surface area contributed by atoms with Crippen molar-refractivity contribution in [2.45, 2.75) is 6.18 Å². The molecule has 3 aromatic rings. The number of alkyl halides is 3. The van der Waals surface area contributed by atoms with Crippen LogP contribution in [0.2, 0.25) is 0 Å². The Bertz CT molecular complexity index is 861. The van der Waals surface area contributed by atoms with Gasteiger partial charge in [-0.1, -0.05) is 0 Å². The minimum Gasteiger partial charge on any atom is -0.372 e. The first-order valence-corrected chi connectivity index (χ1v) is 7.20. The van der Waals surface area contributed by atoms with Gasteiger partial charge in [0, 0.05) is 23.1 Å². The van der Waals surface area contributed by atoms with E-state index in [9.17, 15) is 13.2 Å². The van der Waals surface area contributed by atoms with Crippen LogP contribution in [-0.4, -0.2) is 27.2 Å². The Morgan fingerprint density at radius 2 is 2.00 bits per heavy atom. The molecule has 0 radical (unpaired) electrons. The van der Waals surface area contributed by atoms with Crippen LogP contribution in [0.4, 0.5) is 30.6 Å². The molecule has 2 aromatic heterocycles. The first-order valence-electron chi connectivity index (χ1n) is 6.40. The van der Waals surface area contributed by atoms with Crippen LogP contribution >= 0.6 is 15.9 Å². The molecule has 0 aliphatic carbocycles. The van der Waals surface area contributed by atoms with Gasteiger partial charge in [0.05, 0.1) is 17.4 Å². The van der Waals surface area contributed by atoms with Crippen LogP contribution in [0.5, 0.6) is 0 Å². The third kappa shape index (κ3) is 2.93. The lowest BCUT2D eigenvalue weighted by molar-refractivity contribution is -0.137. The zero-order valence-corrected chi connectivity index (χ0v) is 13.2. The van der Waals surface area contributed by atoms with Crippen LogP contribution in [0.15, 0.2) is 29.0 Å². The Kier molecular flexibility index (Phi) is 3.84. The predicted octanol–water partition coefficient (Wildman–Crippen LogP) is 3.92. The number of halogens is 4. The normalized spacial score (nSPS) is 11.7. The van der Waals surface area contributed by atoms with Crippen LogP contribution in [0.3, 0.4) is 0 Å². The van der Waals surface area contributed by atoms with Crippen LogP contribution in [0, 0.1) is 0 Å². The largest absolute Gasteiger partial charge is 0.421 e. The van der Waals surface area contributed by atoms with Gasteiger partial charge in [0.25, 0.3) is 0 Å². The number of aromatic amines is 1. The number of benzene rings is 1. The van der Waals surface area contributed by atoms with Crippen molar-refractivity contribution in [1.29, 1.82) is 0 Å². The van der Waals surface area contributed by atoms with Crippen molar-refractivity contribution < 1.29 is 13.2 Å². The van der Waals surface area contributed by atoms with Gasteiger partial charge in [-0.15, -0.1) is 0 Å². The lowest BCUT2D eigenvalue weighted by Crippen LogP contribution is -2.12. The summed E-state index contributed by atoms with van der Waals surface area (Å²) in [5.74, 6) is -0.247. The zero-order valence-electron chi connectivity index (χ0n) is 11.7. The summed E-state index contributed by atoms with van der Waals surface area (Å²) in [6.45, 7) is 0. The minimum absolute atomic E-state index is 0.0483. The lowest BCUT2D eigenvalue weighted by Gasteiger charge is -2.13. The third-order valence-electron chi connectivity index (χ3n) is 3.14. The first-order chi connectivity index (χ1) is 10.9. The number of rotatable bonds is 3. The Labute approximate surface area is 136 Å². The highest BCUT2D eigenvalue weighted by Gasteiger charge is 2.35. The molecular formula is C13H10BrF3N6. The van der Waals surface area contributed by atoms with E-state index in [0.717, 1.165) is 21.6 Å². The SMILES string of the molecule is CNc1nc(Nc2ccc(Br)c3[nH]ncc23)ncc1C(F)(F)F. The van der Waals surface area contributed by atoms with E-state index >= 15 is 0 Å². The summed E-state index contributed by atoms with van der Waals surface area (Å²) in [5.41, 5.74) is 0.462. The van der Waals surface area contributed by atoms with Crippen LogP contribution < -0.4 is 10.6 Å². The van der Waals surface area contributed by atoms with E-state index in [2.05, 4.69) is 46.7 Å². The second-order valence-electron chi connectivity index (χ2n) is 4.58. The van der Waals surface area contributed by atoms with Gasteiger partial charge in [-0.2, -0.15) is 23.3 Å². The van der Waals surface area contributed by atoms with Crippen molar-refractivity contribution in [3.8, 4) is 0 Å². The third-order valence-corrected chi connectivity index (χ3v) is 3.80. The molecule has 0 spiro atoms. The lowest BCUT2D eigenvalue weighted by atomic mass is 10.2. The van der Waals surface area contributed by atoms with E-state index < -0.39 is 11.7 Å². The zero-order chi connectivity index (χ0) is 16.6. The summed E-state index contributed by atoms with van der Waals surface area (Å²) in [5, 5.41) is 12.9. The molecule has 6 nitrogen and oxygen atoms in total. The van der Waals surface area contributed by atoms with Gasteiger partial charge in [-0.3, -0.25) is 5.10 Å². The smallest absolute Gasteiger partial charge is 0.372 e. The summed E-state index contributed by atoms with van der Waals surface area (Å²) in [6.07, 6.45) is -2.18. The molecule has 120 valence electrons. The molecule has 0 saturated heterocycles. The van der Waals surface area contributed by atoms with Crippen LogP contribution in [0.1, 0.15) is 5.56 Å². The molecule has 0 saturated carbocycles. The van der Waals surface area contributed by atoms with Gasteiger partial charge in [-0.25, -0.2) is 4.98 Å². The van der Waals surface area contributed by atoms with Crippen LogP contribution in [-0.2, 0) is 6.18 Å². The number of aromatic nitrogens is 4. The number of hydrogen-bond donors (Lipinski definition) is 3. The Hall–Kier alpha value is -2.36. The molecule has 0 bridgehead atoms. The Morgan fingerprint density at radius 3 is 2.70 bits per heavy atom. The van der Waals surface area contributed by atoms with Crippen molar-refractivity contribution in [3.05, 3.63) is 34.6 Å². The van der Waals surface area contributed by atoms with Gasteiger partial charge in [0.1, 0.15) is 11.4 Å². The van der Waals surface area contributed by atoms with Gasteiger partial charge < -0.3 is 10.6 Å². The molecule has 23 heavy (non-hydrogen) atoms. The second-order valence-corrected chi connectivity index (χ2v) is 5.44. The van der Waals surface area contributed by atoms with Crippen molar-refractivity contribution in [2.75, 3.05) is 17.7 Å². The molecule has 2 heterocycles. The molecule has 0 aliphatic heterocycles. The molecule has 3 rings (SSSR count). The van der Waals surface area contributed by atoms with E-state index in [-0.39, 0.29) is 11.8 Å². The number of fused-ring (bicyclic) bond motifs is 1. The van der Waals surface area contributed by atoms with Crippen LogP contribution in [0.25, 0.3) is 10.9 Å². The fourth-order valence-corrected chi connectivity index (χ4v) is 2.51. The molecule has 0 atom stereocenters. The minimum atomic E-state index is -4.52. The van der Waals surface area contributed by atoms with Gasteiger partial charge in [0.2, 0.25) is 5.95 Å². The highest BCUT2D eigenvalue weighted by molar-refractivity contribution is 9.10. The predicted molar refractivity (Wildman–Crippen MR) is 83.7 cm³/mol. The average Bonchev–Trinajstić information content (AvgIpc) is 2.99. The number of nitrogens with one attached hydrogen (secondary N) is 3. The highest BCUT2D eigenvalue weighted by Crippen LogP contribution is 2.34. The van der Waals surface area contributed by atoms with E-state index in [0.29, 0.717) is 5.69 Å². The maximum Gasteiger partial charge on any atom is 0.421 e. The molecule has 10 heteroatoms. The standard InChI is InChI=1S/C13H10BrF3N6/c1-18-11-7(13(15,16)17)5-19-12(22-11)21-9-3-2-8(14)10-6(9)4-20-23-10/h2-5H,1H3,(H,20,23)(H2,18,19,21,22). The topological polar surface area (TPSA) is 78.5 Å². The maximum atomic E-state index is 12.8. The van der Waals surface area contributed by atoms with Crippen molar-refractivity contribution >= 4 is 44.3 Å². The fourth-order valence-electron chi connectivity index (χ4n) is 2.07. The molecule has 1 aromatic carbocycles. The number of H-pyrrole nitrogens is 1. The van der Waals surface area contributed by atoms with Gasteiger partial charge >= 0.3 is 6.18 Å². The molecule has 0 fully saturated rings. The number of anilines is 3. The van der Waals surface area contributed by atoms with E-state index in [1.807, 2.05) is 0 Å². The molecular weight excluding hydrogens is 377 g/mol. The fraction of sp³-hybridized carbons (Fsp3) is 0.154. The quantitative estimate of drug-likeness (QED) is 0.635. The maximum absolute atomic E-state index is 12.8. The summed E-state index contributed by atoms with van der Waals surface area (Å²) in [4.78, 5) is 7.61. The average molecular weight is 387 g/mol. The van der Waals surface area contributed by atoms with Gasteiger partial charge in [0.15, 0.2) is 0 Å². The Morgan fingerprint density at radius 1 is 1.22 bits per heavy atom. The molecule has 3 N–H and O–H groups in total. The number of nitrogens with zero attached hydrogens (tertiary/aromatic N) is 3. The molecule has 0 unspecified atom stereocenters.